The molecule has 4 rings (SSSR count). The number of halogens is 3. The predicted molar refractivity (Wildman–Crippen MR) is 101 cm³/mol. The van der Waals surface area contributed by atoms with Gasteiger partial charge in [0, 0.05) is 44.8 Å². The van der Waals surface area contributed by atoms with Gasteiger partial charge in [-0.15, -0.1) is 0 Å². The number of hydrogen-bond acceptors (Lipinski definition) is 4. The number of alkyl halides is 3. The average Bonchev–Trinajstić information content (AvgIpc) is 3.28. The van der Waals surface area contributed by atoms with Crippen LogP contribution >= 0.6 is 0 Å². The molecule has 3 heterocycles. The Morgan fingerprint density at radius 1 is 0.966 bits per heavy atom. The normalized spacial score (nSPS) is 14.9. The Morgan fingerprint density at radius 2 is 1.72 bits per heavy atom. The number of anilines is 1. The van der Waals surface area contributed by atoms with Gasteiger partial charge in [0.2, 0.25) is 0 Å². The first-order chi connectivity index (χ1) is 13.9. The Morgan fingerprint density at radius 3 is 2.34 bits per heavy atom. The van der Waals surface area contributed by atoms with Gasteiger partial charge >= 0.3 is 6.18 Å². The summed E-state index contributed by atoms with van der Waals surface area (Å²) >= 11 is 0. The van der Waals surface area contributed by atoms with Crippen molar-refractivity contribution in [2.75, 3.05) is 31.1 Å². The lowest BCUT2D eigenvalue weighted by Crippen LogP contribution is -2.49. The highest BCUT2D eigenvalue weighted by molar-refractivity contribution is 5.97. The van der Waals surface area contributed by atoms with Gasteiger partial charge in [-0.3, -0.25) is 4.79 Å². The van der Waals surface area contributed by atoms with Gasteiger partial charge in [0.1, 0.15) is 5.82 Å². The molecule has 2 aromatic heterocycles. The number of carbonyl (C=O) groups excluding carboxylic acids is 1. The van der Waals surface area contributed by atoms with Gasteiger partial charge in [-0.05, 0) is 30.3 Å². The van der Waals surface area contributed by atoms with Gasteiger partial charge in [-0.2, -0.15) is 18.3 Å². The molecule has 0 N–H and O–H groups in total. The van der Waals surface area contributed by atoms with E-state index in [4.69, 9.17) is 0 Å². The van der Waals surface area contributed by atoms with Gasteiger partial charge < -0.3 is 9.80 Å². The highest BCUT2D eigenvalue weighted by Crippen LogP contribution is 2.29. The minimum absolute atomic E-state index is 0.101. The zero-order valence-electron chi connectivity index (χ0n) is 15.4. The van der Waals surface area contributed by atoms with Crippen molar-refractivity contribution in [1.29, 1.82) is 0 Å². The van der Waals surface area contributed by atoms with Crippen LogP contribution in [-0.4, -0.2) is 51.8 Å². The minimum Gasteiger partial charge on any atom is -0.353 e. The van der Waals surface area contributed by atoms with E-state index >= 15 is 0 Å². The number of para-hydroxylation sites is 1. The van der Waals surface area contributed by atoms with Crippen LogP contribution in [0.5, 0.6) is 0 Å². The number of piperazine rings is 1. The van der Waals surface area contributed by atoms with E-state index in [0.717, 1.165) is 12.3 Å². The first-order valence-electron chi connectivity index (χ1n) is 9.10. The number of amides is 1. The Kier molecular flexibility index (Phi) is 4.96. The van der Waals surface area contributed by atoms with Crippen molar-refractivity contribution in [2.45, 2.75) is 6.18 Å². The number of aromatic nitrogens is 3. The summed E-state index contributed by atoms with van der Waals surface area (Å²) in [6.07, 6.45) is -0.136. The number of benzene rings is 1. The zero-order valence-corrected chi connectivity index (χ0v) is 15.4. The van der Waals surface area contributed by atoms with Crippen LogP contribution in [0, 0.1) is 0 Å². The highest BCUT2D eigenvalue weighted by atomic mass is 19.4. The van der Waals surface area contributed by atoms with Gasteiger partial charge in [0.15, 0.2) is 0 Å². The monoisotopic (exact) mass is 401 g/mol. The number of nitrogens with zero attached hydrogens (tertiary/aromatic N) is 5. The maximum Gasteiger partial charge on any atom is 0.417 e. The maximum atomic E-state index is 13.0. The van der Waals surface area contributed by atoms with E-state index in [1.165, 1.54) is 6.07 Å². The van der Waals surface area contributed by atoms with Crippen LogP contribution in [0.1, 0.15) is 15.9 Å². The SMILES string of the molecule is O=C(c1ccccc1-n1cccn1)N1CCN(c2ccc(C(F)(F)F)cn2)CC1. The van der Waals surface area contributed by atoms with Gasteiger partial charge in [-0.25, -0.2) is 9.67 Å². The predicted octanol–water partition coefficient (Wildman–Crippen LogP) is 3.25. The number of rotatable bonds is 3. The molecule has 1 fully saturated rings. The van der Waals surface area contributed by atoms with Crippen LogP contribution in [0.3, 0.4) is 0 Å². The quantitative estimate of drug-likeness (QED) is 0.676. The van der Waals surface area contributed by atoms with Crippen LogP contribution in [0.4, 0.5) is 19.0 Å². The molecule has 0 aliphatic carbocycles. The van der Waals surface area contributed by atoms with Gasteiger partial charge in [-0.1, -0.05) is 12.1 Å². The second kappa shape index (κ2) is 7.57. The van der Waals surface area contributed by atoms with E-state index in [2.05, 4.69) is 10.1 Å². The topological polar surface area (TPSA) is 54.3 Å². The fourth-order valence-electron chi connectivity index (χ4n) is 3.32. The van der Waals surface area contributed by atoms with Crippen molar-refractivity contribution in [3.8, 4) is 5.69 Å². The van der Waals surface area contributed by atoms with E-state index in [9.17, 15) is 18.0 Å². The van der Waals surface area contributed by atoms with Crippen molar-refractivity contribution in [3.63, 3.8) is 0 Å². The third-order valence-corrected chi connectivity index (χ3v) is 4.85. The molecule has 0 spiro atoms. The van der Waals surface area contributed by atoms with Gasteiger partial charge in [0.25, 0.3) is 5.91 Å². The third kappa shape index (κ3) is 3.94. The summed E-state index contributed by atoms with van der Waals surface area (Å²) in [6, 6.07) is 11.4. The first kappa shape index (κ1) is 19.0. The summed E-state index contributed by atoms with van der Waals surface area (Å²) in [4.78, 5) is 20.6. The Balaban J connectivity index is 1.45. The lowest BCUT2D eigenvalue weighted by atomic mass is 10.1. The lowest BCUT2D eigenvalue weighted by molar-refractivity contribution is -0.137. The maximum absolute atomic E-state index is 13.0. The molecule has 6 nitrogen and oxygen atoms in total. The molecular formula is C20H18F3N5O. The molecular weight excluding hydrogens is 383 g/mol. The minimum atomic E-state index is -4.40. The van der Waals surface area contributed by atoms with Crippen molar-refractivity contribution in [1.82, 2.24) is 19.7 Å². The van der Waals surface area contributed by atoms with E-state index in [1.54, 1.807) is 34.1 Å². The lowest BCUT2D eigenvalue weighted by Gasteiger charge is -2.35. The summed E-state index contributed by atoms with van der Waals surface area (Å²) in [5.74, 6) is 0.373. The summed E-state index contributed by atoms with van der Waals surface area (Å²) in [7, 11) is 0. The van der Waals surface area contributed by atoms with Crippen molar-refractivity contribution >= 4 is 11.7 Å². The molecule has 0 saturated carbocycles. The fraction of sp³-hybridized carbons (Fsp3) is 0.250. The Labute approximate surface area is 165 Å². The molecule has 3 aromatic rings. The van der Waals surface area contributed by atoms with Crippen LogP contribution in [0.15, 0.2) is 61.1 Å². The van der Waals surface area contributed by atoms with Crippen molar-refractivity contribution in [2.24, 2.45) is 0 Å². The number of carbonyl (C=O) groups is 1. The molecule has 1 aromatic carbocycles. The zero-order chi connectivity index (χ0) is 20.4. The van der Waals surface area contributed by atoms with Crippen LogP contribution in [0.2, 0.25) is 0 Å². The largest absolute Gasteiger partial charge is 0.417 e. The summed E-state index contributed by atoms with van der Waals surface area (Å²) in [5.41, 5.74) is 0.483. The smallest absolute Gasteiger partial charge is 0.353 e. The van der Waals surface area contributed by atoms with Crippen molar-refractivity contribution < 1.29 is 18.0 Å². The first-order valence-corrected chi connectivity index (χ1v) is 9.10. The molecule has 0 radical (unpaired) electrons. The van der Waals surface area contributed by atoms with Crippen molar-refractivity contribution in [3.05, 3.63) is 72.2 Å². The summed E-state index contributed by atoms with van der Waals surface area (Å²) in [5, 5.41) is 4.20. The summed E-state index contributed by atoms with van der Waals surface area (Å²) < 4.78 is 39.7. The molecule has 1 saturated heterocycles. The molecule has 150 valence electrons. The number of hydrogen-bond donors (Lipinski definition) is 0. The molecule has 0 bridgehead atoms. The number of pyridine rings is 1. The second-order valence-electron chi connectivity index (χ2n) is 6.65. The molecule has 0 atom stereocenters. The Bertz CT molecular complexity index is 978. The summed E-state index contributed by atoms with van der Waals surface area (Å²) in [6.45, 7) is 1.89. The van der Waals surface area contributed by atoms with Crippen LogP contribution < -0.4 is 4.90 Å². The fourth-order valence-corrected chi connectivity index (χ4v) is 3.32. The third-order valence-electron chi connectivity index (χ3n) is 4.85. The molecule has 0 unspecified atom stereocenters. The van der Waals surface area contributed by atoms with E-state index in [1.807, 2.05) is 23.1 Å². The molecule has 29 heavy (non-hydrogen) atoms. The molecule has 9 heteroatoms. The Hall–Kier alpha value is -3.36. The molecule has 1 aliphatic rings. The molecule has 1 aliphatic heterocycles. The average molecular weight is 401 g/mol. The van der Waals surface area contributed by atoms with Crippen LogP contribution in [0.25, 0.3) is 5.69 Å². The van der Waals surface area contributed by atoms with Gasteiger partial charge in [0.05, 0.1) is 16.8 Å². The van der Waals surface area contributed by atoms with E-state index < -0.39 is 11.7 Å². The van der Waals surface area contributed by atoms with Crippen LogP contribution in [-0.2, 0) is 6.18 Å². The van der Waals surface area contributed by atoms with E-state index in [0.29, 0.717) is 43.2 Å². The van der Waals surface area contributed by atoms with E-state index in [-0.39, 0.29) is 5.91 Å². The molecule has 1 amide bonds. The highest BCUT2D eigenvalue weighted by Gasteiger charge is 2.31. The second-order valence-corrected chi connectivity index (χ2v) is 6.65. The standard InChI is InChI=1S/C20H18F3N5O/c21-20(22,23)15-6-7-18(24-14-15)26-10-12-27(13-11-26)19(29)16-4-1-2-5-17(16)28-9-3-8-25-28/h1-9,14H,10-13H2.